The minimum absolute atomic E-state index is 0.0717. The molecule has 1 aromatic carbocycles. The zero-order chi connectivity index (χ0) is 27.2. The fourth-order valence-electron chi connectivity index (χ4n) is 4.58. The quantitative estimate of drug-likeness (QED) is 0.230. The van der Waals surface area contributed by atoms with Crippen molar-refractivity contribution in [1.29, 1.82) is 0 Å². The summed E-state index contributed by atoms with van der Waals surface area (Å²) in [5.74, 6) is -0.499. The van der Waals surface area contributed by atoms with E-state index < -0.39 is 5.82 Å². The van der Waals surface area contributed by atoms with Crippen molar-refractivity contribution in [3.63, 3.8) is 0 Å². The van der Waals surface area contributed by atoms with E-state index in [-0.39, 0.29) is 17.0 Å². The third-order valence-electron chi connectivity index (χ3n) is 6.46. The van der Waals surface area contributed by atoms with E-state index in [4.69, 9.17) is 4.98 Å². The first kappa shape index (κ1) is 23.8. The van der Waals surface area contributed by atoms with Gasteiger partial charge in [-0.15, -0.1) is 11.3 Å². The number of halogens is 1. The zero-order valence-corrected chi connectivity index (χ0v) is 21.8. The number of aryl methyl sites for hydroxylation is 1. The van der Waals surface area contributed by atoms with Gasteiger partial charge < -0.3 is 10.3 Å². The number of hydrogen-bond acceptors (Lipinski definition) is 7. The molecule has 7 aromatic rings. The van der Waals surface area contributed by atoms with Crippen LogP contribution in [0.15, 0.2) is 79.4 Å². The van der Waals surface area contributed by atoms with E-state index >= 15 is 4.39 Å². The van der Waals surface area contributed by atoms with Gasteiger partial charge in [0.15, 0.2) is 17.3 Å². The Morgan fingerprint density at radius 2 is 1.88 bits per heavy atom. The Morgan fingerprint density at radius 3 is 2.70 bits per heavy atom. The van der Waals surface area contributed by atoms with Gasteiger partial charge in [0.2, 0.25) is 0 Å². The fraction of sp³-hybridized carbons (Fsp3) is 0.0345. The lowest BCUT2D eigenvalue weighted by Gasteiger charge is -2.08. The van der Waals surface area contributed by atoms with Crippen LogP contribution in [0.4, 0.5) is 10.1 Å². The zero-order valence-electron chi connectivity index (χ0n) is 20.9. The van der Waals surface area contributed by atoms with Crippen LogP contribution >= 0.6 is 11.3 Å². The number of benzene rings is 1. The standard InChI is InChI=1S/C29H19FN8OS/c1-15-7-8-21(40-15)19-9-10-32-27-25(19)35-28(36-27)26-22-20(37-38-26)14-33-24(23(22)30)17-11-18(13-31-12-17)34-29(39)16-5-3-2-4-6-16/h2-14H,1H3,(H,34,39)(H,37,38)(H,32,35,36). The Labute approximate surface area is 230 Å². The Bertz CT molecular complexity index is 2050. The normalized spacial score (nSPS) is 11.3. The molecule has 0 unspecified atom stereocenters. The molecule has 7 rings (SSSR count). The van der Waals surface area contributed by atoms with E-state index in [1.165, 1.54) is 23.5 Å². The molecule has 0 aliphatic rings. The average molecular weight is 547 g/mol. The number of pyridine rings is 3. The van der Waals surface area contributed by atoms with Crippen LogP contribution in [0.1, 0.15) is 15.2 Å². The van der Waals surface area contributed by atoms with Gasteiger partial charge in [-0.2, -0.15) is 5.10 Å². The first-order valence-electron chi connectivity index (χ1n) is 12.3. The van der Waals surface area contributed by atoms with Gasteiger partial charge in [-0.25, -0.2) is 14.4 Å². The third-order valence-corrected chi connectivity index (χ3v) is 7.50. The van der Waals surface area contributed by atoms with Gasteiger partial charge in [0.1, 0.15) is 16.9 Å². The van der Waals surface area contributed by atoms with E-state index in [1.54, 1.807) is 47.9 Å². The van der Waals surface area contributed by atoms with Crippen LogP contribution in [-0.2, 0) is 0 Å². The predicted molar refractivity (Wildman–Crippen MR) is 152 cm³/mol. The molecule has 0 aliphatic carbocycles. The monoisotopic (exact) mass is 546 g/mol. The molecule has 0 aliphatic heterocycles. The molecule has 9 nitrogen and oxygen atoms in total. The second-order valence-electron chi connectivity index (χ2n) is 9.12. The summed E-state index contributed by atoms with van der Waals surface area (Å²) in [4.78, 5) is 35.8. The summed E-state index contributed by atoms with van der Waals surface area (Å²) in [7, 11) is 0. The number of carbonyl (C=O) groups is 1. The number of rotatable bonds is 5. The number of hydrogen-bond donors (Lipinski definition) is 3. The number of thiophene rings is 1. The highest BCUT2D eigenvalue weighted by atomic mass is 32.1. The SMILES string of the molecule is Cc1ccc(-c2ccnc3[nH]c(-c4n[nH]c5cnc(-c6cncc(NC(=O)c7ccccc7)c6)c(F)c45)nc23)s1. The van der Waals surface area contributed by atoms with Gasteiger partial charge in [0.05, 0.1) is 29.0 Å². The van der Waals surface area contributed by atoms with Gasteiger partial charge >= 0.3 is 0 Å². The molecule has 1 amide bonds. The van der Waals surface area contributed by atoms with Crippen molar-refractivity contribution in [2.24, 2.45) is 0 Å². The molecule has 0 spiro atoms. The van der Waals surface area contributed by atoms with Gasteiger partial charge in [-0.05, 0) is 43.3 Å². The summed E-state index contributed by atoms with van der Waals surface area (Å²) in [5.41, 5.74) is 4.31. The minimum atomic E-state index is -0.586. The van der Waals surface area contributed by atoms with Crippen molar-refractivity contribution in [3.05, 3.63) is 95.6 Å². The van der Waals surface area contributed by atoms with Crippen LogP contribution in [0, 0.1) is 12.7 Å². The first-order chi connectivity index (χ1) is 19.5. The second-order valence-corrected chi connectivity index (χ2v) is 10.4. The van der Waals surface area contributed by atoms with Crippen LogP contribution in [0.5, 0.6) is 0 Å². The maximum Gasteiger partial charge on any atom is 0.255 e. The molecule has 40 heavy (non-hydrogen) atoms. The van der Waals surface area contributed by atoms with E-state index in [1.807, 2.05) is 12.1 Å². The molecule has 0 saturated carbocycles. The summed E-state index contributed by atoms with van der Waals surface area (Å²) >= 11 is 1.67. The Kier molecular flexibility index (Phi) is 5.64. The number of nitrogens with zero attached hydrogens (tertiary/aromatic N) is 5. The number of H-pyrrole nitrogens is 2. The lowest BCUT2D eigenvalue weighted by Crippen LogP contribution is -2.11. The van der Waals surface area contributed by atoms with Crippen molar-refractivity contribution in [2.45, 2.75) is 6.92 Å². The number of aromatic nitrogens is 7. The number of aromatic amines is 2. The van der Waals surface area contributed by atoms with Crippen molar-refractivity contribution < 1.29 is 9.18 Å². The van der Waals surface area contributed by atoms with Gasteiger partial charge in [-0.3, -0.25) is 19.9 Å². The Hall–Kier alpha value is -5.29. The fourth-order valence-corrected chi connectivity index (χ4v) is 5.47. The van der Waals surface area contributed by atoms with Crippen molar-refractivity contribution in [3.8, 4) is 33.2 Å². The number of anilines is 1. The minimum Gasteiger partial charge on any atom is -0.321 e. The van der Waals surface area contributed by atoms with E-state index in [0.29, 0.717) is 45.0 Å². The highest BCUT2D eigenvalue weighted by molar-refractivity contribution is 7.15. The van der Waals surface area contributed by atoms with Gasteiger partial charge in [0.25, 0.3) is 5.91 Å². The highest BCUT2D eigenvalue weighted by Crippen LogP contribution is 2.35. The molecule has 3 N–H and O–H groups in total. The lowest BCUT2D eigenvalue weighted by molar-refractivity contribution is 0.102. The second kappa shape index (κ2) is 9.47. The maximum absolute atomic E-state index is 16.1. The summed E-state index contributed by atoms with van der Waals surface area (Å²) in [6.07, 6.45) is 6.23. The summed E-state index contributed by atoms with van der Waals surface area (Å²) in [6, 6.07) is 16.5. The van der Waals surface area contributed by atoms with Crippen LogP contribution in [0.25, 0.3) is 55.3 Å². The molecular formula is C29H19FN8OS. The van der Waals surface area contributed by atoms with Crippen LogP contribution < -0.4 is 5.32 Å². The van der Waals surface area contributed by atoms with Crippen LogP contribution in [-0.4, -0.2) is 41.0 Å². The Morgan fingerprint density at radius 1 is 1.00 bits per heavy atom. The largest absolute Gasteiger partial charge is 0.321 e. The summed E-state index contributed by atoms with van der Waals surface area (Å²) in [6.45, 7) is 2.05. The molecule has 11 heteroatoms. The molecular weight excluding hydrogens is 527 g/mol. The third kappa shape index (κ3) is 4.09. The molecule has 6 aromatic heterocycles. The molecule has 0 bridgehead atoms. The molecule has 6 heterocycles. The van der Waals surface area contributed by atoms with E-state index in [0.717, 1.165) is 10.4 Å². The first-order valence-corrected chi connectivity index (χ1v) is 13.1. The van der Waals surface area contributed by atoms with Crippen LogP contribution in [0.3, 0.4) is 0 Å². The van der Waals surface area contributed by atoms with Gasteiger partial charge in [0, 0.05) is 38.8 Å². The highest BCUT2D eigenvalue weighted by Gasteiger charge is 2.22. The van der Waals surface area contributed by atoms with E-state index in [9.17, 15) is 4.79 Å². The summed E-state index contributed by atoms with van der Waals surface area (Å²) < 4.78 is 16.1. The molecule has 0 saturated heterocycles. The Balaban J connectivity index is 1.28. The predicted octanol–water partition coefficient (Wildman–Crippen LogP) is 6.39. The number of amides is 1. The molecule has 194 valence electrons. The lowest BCUT2D eigenvalue weighted by atomic mass is 10.1. The van der Waals surface area contributed by atoms with E-state index in [2.05, 4.69) is 54.5 Å². The van der Waals surface area contributed by atoms with Crippen molar-refractivity contribution in [1.82, 2.24) is 35.1 Å². The van der Waals surface area contributed by atoms with Crippen LogP contribution in [0.2, 0.25) is 0 Å². The maximum atomic E-state index is 16.1. The molecule has 0 radical (unpaired) electrons. The molecule has 0 fully saturated rings. The number of nitrogens with one attached hydrogen (secondary N) is 3. The average Bonchev–Trinajstić information content (AvgIpc) is 3.72. The van der Waals surface area contributed by atoms with Crippen molar-refractivity contribution >= 4 is 45.0 Å². The smallest absolute Gasteiger partial charge is 0.255 e. The molecule has 0 atom stereocenters. The number of fused-ring (bicyclic) bond motifs is 2. The number of carbonyl (C=O) groups excluding carboxylic acids is 1. The van der Waals surface area contributed by atoms with Gasteiger partial charge in [-0.1, -0.05) is 18.2 Å². The summed E-state index contributed by atoms with van der Waals surface area (Å²) in [5, 5.41) is 10.2. The number of imidazole rings is 1. The topological polar surface area (TPSA) is 125 Å². The van der Waals surface area contributed by atoms with Crippen molar-refractivity contribution in [2.75, 3.05) is 5.32 Å².